The summed E-state index contributed by atoms with van der Waals surface area (Å²) in [5.41, 5.74) is -4.90. The highest BCUT2D eigenvalue weighted by Gasteiger charge is 2.99. The van der Waals surface area contributed by atoms with E-state index in [4.69, 9.17) is 10.4 Å². The molecule has 1 rings (SSSR count). The lowest BCUT2D eigenvalue weighted by Crippen LogP contribution is -2.85. The Balaban J connectivity index is 3.28. The Morgan fingerprint density at radius 3 is 1.46 bits per heavy atom. The van der Waals surface area contributed by atoms with Crippen molar-refractivity contribution in [1.82, 2.24) is 0 Å². The van der Waals surface area contributed by atoms with Crippen LogP contribution in [0.1, 0.15) is 0 Å². The van der Waals surface area contributed by atoms with Gasteiger partial charge in [0, 0.05) is 0 Å². The van der Waals surface area contributed by atoms with E-state index in [1.165, 1.54) is 0 Å². The van der Waals surface area contributed by atoms with Crippen LogP contribution in [-0.2, 0) is 0 Å². The Morgan fingerprint density at radius 2 is 1.31 bits per heavy atom. The largest absolute Gasteiger partial charge is 0.376 e. The van der Waals surface area contributed by atoms with Crippen molar-refractivity contribution in [2.24, 2.45) is 0 Å². The average Bonchev–Trinajstić information content (AvgIpc) is 2.00. The topological polar surface area (TPSA) is 44.0 Å². The maximum Gasteiger partial charge on any atom is 0.376 e. The minimum Gasteiger partial charge on any atom is -0.353 e. The molecular weight excluding hydrogens is 204 g/mol. The molecule has 8 heteroatoms. The second-order valence-corrected chi connectivity index (χ2v) is 2.54. The third-order valence-corrected chi connectivity index (χ3v) is 1.85. The molecule has 0 spiro atoms. The third kappa shape index (κ3) is 0.622. The van der Waals surface area contributed by atoms with Crippen molar-refractivity contribution in [3.8, 4) is 6.07 Å². The summed E-state index contributed by atoms with van der Waals surface area (Å²) in [6.45, 7) is 0. The quantitative estimate of drug-likeness (QED) is 0.603. The molecule has 0 amide bonds. The Morgan fingerprint density at radius 1 is 0.923 bits per heavy atom. The van der Waals surface area contributed by atoms with Crippen LogP contribution in [0, 0.1) is 11.3 Å². The number of alkyl halides is 6. The molecule has 0 saturated heterocycles. The summed E-state index contributed by atoms with van der Waals surface area (Å²) >= 11 is 0. The van der Waals surface area contributed by atoms with Gasteiger partial charge in [-0.25, -0.2) is 8.78 Å². The highest BCUT2D eigenvalue weighted by Crippen LogP contribution is 2.66. The zero-order valence-corrected chi connectivity index (χ0v) is 5.66. The molecule has 2 nitrogen and oxygen atoms in total. The molecule has 0 radical (unpaired) electrons. The molecule has 0 aromatic heterocycles. The number of rotatable bonds is 0. The lowest BCUT2D eigenvalue weighted by Gasteiger charge is -2.51. The van der Waals surface area contributed by atoms with E-state index in [1.54, 1.807) is 0 Å². The number of nitrogens with zero attached hydrogens (tertiary/aromatic N) is 1. The minimum absolute atomic E-state index is 0.00771. The van der Waals surface area contributed by atoms with Crippen molar-refractivity contribution < 1.29 is 31.4 Å². The summed E-state index contributed by atoms with van der Waals surface area (Å²) in [7, 11) is 0. The van der Waals surface area contributed by atoms with Gasteiger partial charge in [0.05, 0.1) is 0 Å². The molecule has 1 saturated carbocycles. The summed E-state index contributed by atoms with van der Waals surface area (Å²) in [6, 6.07) is -0.00771. The molecule has 13 heavy (non-hydrogen) atoms. The van der Waals surface area contributed by atoms with Gasteiger partial charge in [-0.05, 0) is 0 Å². The molecule has 0 aromatic carbocycles. The number of hydrogen-bond donors (Lipinski definition) is 1. The zero-order chi connectivity index (χ0) is 10.7. The average molecular weight is 205 g/mol. The molecule has 2 unspecified atom stereocenters. The number of nitriles is 1. The van der Waals surface area contributed by atoms with Crippen LogP contribution in [-0.4, -0.2) is 28.5 Å². The van der Waals surface area contributed by atoms with Crippen molar-refractivity contribution in [1.29, 1.82) is 5.26 Å². The van der Waals surface area contributed by atoms with Gasteiger partial charge >= 0.3 is 23.4 Å². The van der Waals surface area contributed by atoms with Crippen LogP contribution in [0.4, 0.5) is 26.3 Å². The van der Waals surface area contributed by atoms with Crippen molar-refractivity contribution in [2.45, 2.75) is 23.4 Å². The summed E-state index contributed by atoms with van der Waals surface area (Å²) in [6.07, 6.45) is 0. The Bertz CT molecular complexity index is 274. The van der Waals surface area contributed by atoms with Gasteiger partial charge in [-0.1, -0.05) is 0 Å². The van der Waals surface area contributed by atoms with E-state index in [2.05, 4.69) is 0 Å². The molecule has 1 aliphatic carbocycles. The molecule has 1 fully saturated rings. The molecule has 0 heterocycles. The maximum atomic E-state index is 12.5. The van der Waals surface area contributed by atoms with Gasteiger partial charge in [0.2, 0.25) is 0 Å². The first-order valence-corrected chi connectivity index (χ1v) is 2.83. The molecular formula is C5HF6NO. The Hall–Kier alpha value is -0.970. The van der Waals surface area contributed by atoms with Gasteiger partial charge in [-0.3, -0.25) is 0 Å². The third-order valence-electron chi connectivity index (χ3n) is 1.85. The van der Waals surface area contributed by atoms with Gasteiger partial charge in [0.25, 0.3) is 0 Å². The van der Waals surface area contributed by atoms with Gasteiger partial charge in [-0.15, -0.1) is 0 Å². The van der Waals surface area contributed by atoms with Crippen LogP contribution in [0.25, 0.3) is 0 Å². The molecule has 2 atom stereocenters. The van der Waals surface area contributed by atoms with E-state index in [9.17, 15) is 26.3 Å². The van der Waals surface area contributed by atoms with E-state index in [-0.39, 0.29) is 6.07 Å². The summed E-state index contributed by atoms with van der Waals surface area (Å²) in [5, 5.41) is 15.7. The van der Waals surface area contributed by atoms with Crippen molar-refractivity contribution >= 4 is 0 Å². The van der Waals surface area contributed by atoms with Crippen molar-refractivity contribution in [2.75, 3.05) is 0 Å². The second kappa shape index (κ2) is 1.92. The normalized spacial score (nSPS) is 46.3. The van der Waals surface area contributed by atoms with E-state index < -0.39 is 23.4 Å². The molecule has 0 aromatic rings. The fraction of sp³-hybridized carbons (Fsp3) is 0.800. The van der Waals surface area contributed by atoms with Crippen LogP contribution < -0.4 is 0 Å². The van der Waals surface area contributed by atoms with Crippen LogP contribution >= 0.6 is 0 Å². The fourth-order valence-electron chi connectivity index (χ4n) is 0.931. The summed E-state index contributed by atoms with van der Waals surface area (Å²) in [4.78, 5) is 0. The van der Waals surface area contributed by atoms with Crippen LogP contribution in [0.3, 0.4) is 0 Å². The molecule has 0 bridgehead atoms. The molecule has 0 aliphatic heterocycles. The van der Waals surface area contributed by atoms with E-state index in [0.717, 1.165) is 0 Å². The van der Waals surface area contributed by atoms with Gasteiger partial charge in [-0.2, -0.15) is 22.8 Å². The van der Waals surface area contributed by atoms with Crippen molar-refractivity contribution in [3.05, 3.63) is 0 Å². The van der Waals surface area contributed by atoms with Crippen molar-refractivity contribution in [3.63, 3.8) is 0 Å². The Kier molecular flexibility index (Phi) is 1.49. The second-order valence-electron chi connectivity index (χ2n) is 2.54. The summed E-state index contributed by atoms with van der Waals surface area (Å²) in [5.74, 6) is -16.3. The lowest BCUT2D eigenvalue weighted by molar-refractivity contribution is -0.478. The monoisotopic (exact) mass is 205 g/mol. The standard InChI is InChI=1S/C5HF6NO/c6-2(1-12)3(7,8)4(9,10)5(2,11)13/h13H. The first kappa shape index (κ1) is 10.1. The smallest absolute Gasteiger partial charge is 0.353 e. The molecule has 74 valence electrons. The van der Waals surface area contributed by atoms with E-state index in [0.29, 0.717) is 0 Å². The first-order valence-electron chi connectivity index (χ1n) is 2.83. The van der Waals surface area contributed by atoms with Crippen LogP contribution in [0.15, 0.2) is 0 Å². The lowest BCUT2D eigenvalue weighted by atomic mass is 9.69. The maximum absolute atomic E-state index is 12.5. The van der Waals surface area contributed by atoms with Gasteiger partial charge in [0.1, 0.15) is 6.07 Å². The summed E-state index contributed by atoms with van der Waals surface area (Å²) < 4.78 is 73.0. The SMILES string of the molecule is N#CC1(F)C(O)(F)C(F)(F)C1(F)F. The van der Waals surface area contributed by atoms with Gasteiger partial charge < -0.3 is 5.11 Å². The predicted molar refractivity (Wildman–Crippen MR) is 25.4 cm³/mol. The number of halogens is 6. The van der Waals surface area contributed by atoms with Crippen LogP contribution in [0.2, 0.25) is 0 Å². The fourth-order valence-corrected chi connectivity index (χ4v) is 0.931. The van der Waals surface area contributed by atoms with E-state index >= 15 is 0 Å². The molecule has 1 aliphatic rings. The number of aliphatic hydroxyl groups is 1. The van der Waals surface area contributed by atoms with Crippen LogP contribution in [0.5, 0.6) is 0 Å². The van der Waals surface area contributed by atoms with Gasteiger partial charge in [0.15, 0.2) is 0 Å². The molecule has 1 N–H and O–H groups in total. The first-order chi connectivity index (χ1) is 5.56. The Labute approximate surface area is 67.4 Å². The zero-order valence-electron chi connectivity index (χ0n) is 5.66. The number of hydrogen-bond acceptors (Lipinski definition) is 2. The highest BCUT2D eigenvalue weighted by atomic mass is 19.3. The van der Waals surface area contributed by atoms with E-state index in [1.807, 2.05) is 0 Å². The predicted octanol–water partition coefficient (Wildman–Crippen LogP) is 1.16. The highest BCUT2D eigenvalue weighted by molar-refractivity contribution is 5.35. The minimum atomic E-state index is -5.59.